The van der Waals surface area contributed by atoms with Crippen LogP contribution < -0.4 is 0 Å². The Hall–Kier alpha value is -1.16. The van der Waals surface area contributed by atoms with Gasteiger partial charge in [0.1, 0.15) is 6.10 Å². The van der Waals surface area contributed by atoms with Crippen LogP contribution in [0, 0.1) is 0 Å². The highest BCUT2D eigenvalue weighted by atomic mass is 16.6. The van der Waals surface area contributed by atoms with Crippen LogP contribution >= 0.6 is 0 Å². The predicted molar refractivity (Wildman–Crippen MR) is 70.2 cm³/mol. The molecule has 1 aromatic carbocycles. The van der Waals surface area contributed by atoms with Gasteiger partial charge in [-0.1, -0.05) is 42.5 Å². The van der Waals surface area contributed by atoms with E-state index in [4.69, 9.17) is 14.6 Å². The highest BCUT2D eigenvalue weighted by Gasteiger charge is 2.36. The van der Waals surface area contributed by atoms with E-state index in [0.29, 0.717) is 6.61 Å². The molecule has 0 saturated carbocycles. The molecule has 3 heteroatoms. The van der Waals surface area contributed by atoms with Crippen molar-refractivity contribution in [3.8, 4) is 0 Å². The fourth-order valence-electron chi connectivity index (χ4n) is 1.81. The van der Waals surface area contributed by atoms with E-state index in [1.807, 2.05) is 18.2 Å². The Bertz CT molecular complexity index is 361. The minimum Gasteiger partial charge on any atom is -0.394 e. The van der Waals surface area contributed by atoms with Crippen molar-refractivity contribution < 1.29 is 14.6 Å². The topological polar surface area (TPSA) is 42.0 Å². The first-order valence-electron chi connectivity index (χ1n) is 6.43. The fraction of sp³-hybridized carbons (Fsp3) is 0.467. The summed E-state index contributed by atoms with van der Waals surface area (Å²) in [6, 6.07) is 10.2. The van der Waals surface area contributed by atoms with E-state index >= 15 is 0 Å². The molecule has 0 spiro atoms. The van der Waals surface area contributed by atoms with Crippen LogP contribution in [0.2, 0.25) is 0 Å². The van der Waals surface area contributed by atoms with Crippen molar-refractivity contribution in [1.29, 1.82) is 0 Å². The Labute approximate surface area is 108 Å². The third-order valence-electron chi connectivity index (χ3n) is 2.94. The highest BCUT2D eigenvalue weighted by molar-refractivity contribution is 5.13. The molecule has 0 radical (unpaired) electrons. The lowest BCUT2D eigenvalue weighted by Gasteiger charge is -2.01. The summed E-state index contributed by atoms with van der Waals surface area (Å²) in [5, 5.41) is 8.79. The summed E-state index contributed by atoms with van der Waals surface area (Å²) in [5.41, 5.74) is 1.21. The number of benzene rings is 1. The molecule has 1 aliphatic rings. The van der Waals surface area contributed by atoms with E-state index in [1.54, 1.807) is 0 Å². The lowest BCUT2D eigenvalue weighted by Crippen LogP contribution is -1.97. The van der Waals surface area contributed by atoms with Crippen LogP contribution in [0.25, 0.3) is 0 Å². The van der Waals surface area contributed by atoms with Crippen molar-refractivity contribution in [2.75, 3.05) is 13.2 Å². The van der Waals surface area contributed by atoms with Gasteiger partial charge in [0, 0.05) is 0 Å². The van der Waals surface area contributed by atoms with E-state index < -0.39 is 0 Å². The Morgan fingerprint density at radius 1 is 1.17 bits per heavy atom. The van der Waals surface area contributed by atoms with Gasteiger partial charge in [0.25, 0.3) is 0 Å². The number of aliphatic hydroxyl groups is 1. The summed E-state index contributed by atoms with van der Waals surface area (Å²) in [5.74, 6) is 0. The molecule has 0 aliphatic carbocycles. The van der Waals surface area contributed by atoms with Gasteiger partial charge in [-0.05, 0) is 18.4 Å². The van der Waals surface area contributed by atoms with Gasteiger partial charge in [-0.25, -0.2) is 0 Å². The van der Waals surface area contributed by atoms with Crippen LogP contribution in [-0.2, 0) is 16.1 Å². The largest absolute Gasteiger partial charge is 0.394 e. The standard InChI is InChI=1S/C15H20O3/c16-11-15-14(18-15)9-5-2-6-10-17-12-13-7-3-1-4-8-13/h1-5,7-8,14-16H,6,9-12H2/b5-2+/t14-,15+/m1/s1. The second-order valence-corrected chi connectivity index (χ2v) is 4.43. The summed E-state index contributed by atoms with van der Waals surface area (Å²) >= 11 is 0. The maximum atomic E-state index is 8.79. The van der Waals surface area contributed by atoms with E-state index in [1.165, 1.54) is 5.56 Å². The van der Waals surface area contributed by atoms with E-state index in [-0.39, 0.29) is 18.8 Å². The van der Waals surface area contributed by atoms with E-state index in [0.717, 1.165) is 19.4 Å². The number of epoxide rings is 1. The van der Waals surface area contributed by atoms with Gasteiger partial charge in [-0.2, -0.15) is 0 Å². The molecule has 1 fully saturated rings. The zero-order valence-corrected chi connectivity index (χ0v) is 10.5. The monoisotopic (exact) mass is 248 g/mol. The molecule has 0 unspecified atom stereocenters. The fourth-order valence-corrected chi connectivity index (χ4v) is 1.81. The Kier molecular flexibility index (Phi) is 5.39. The molecule has 2 atom stereocenters. The van der Waals surface area contributed by atoms with E-state index in [2.05, 4.69) is 24.3 Å². The average Bonchev–Trinajstić information content (AvgIpc) is 3.17. The summed E-state index contributed by atoms with van der Waals surface area (Å²) in [7, 11) is 0. The maximum Gasteiger partial charge on any atom is 0.107 e. The van der Waals surface area contributed by atoms with Gasteiger partial charge >= 0.3 is 0 Å². The van der Waals surface area contributed by atoms with Crippen LogP contribution in [-0.4, -0.2) is 30.5 Å². The molecule has 0 aromatic heterocycles. The molecular formula is C15H20O3. The zero-order chi connectivity index (χ0) is 12.6. The minimum atomic E-state index is 0.0731. The minimum absolute atomic E-state index is 0.0731. The molecule has 2 rings (SSSR count). The molecule has 1 saturated heterocycles. The highest BCUT2D eigenvalue weighted by Crippen LogP contribution is 2.24. The van der Waals surface area contributed by atoms with Gasteiger partial charge in [0.05, 0.1) is 25.9 Å². The van der Waals surface area contributed by atoms with Gasteiger partial charge in [0.2, 0.25) is 0 Å². The summed E-state index contributed by atoms with van der Waals surface area (Å²) < 4.78 is 10.8. The lowest BCUT2D eigenvalue weighted by molar-refractivity contribution is 0.125. The molecule has 1 heterocycles. The summed E-state index contributed by atoms with van der Waals surface area (Å²) in [4.78, 5) is 0. The van der Waals surface area contributed by atoms with Crippen LogP contribution in [0.1, 0.15) is 18.4 Å². The van der Waals surface area contributed by atoms with Crippen molar-refractivity contribution in [3.05, 3.63) is 48.0 Å². The van der Waals surface area contributed by atoms with Crippen molar-refractivity contribution in [2.24, 2.45) is 0 Å². The maximum absolute atomic E-state index is 8.79. The molecule has 0 bridgehead atoms. The van der Waals surface area contributed by atoms with Crippen molar-refractivity contribution in [3.63, 3.8) is 0 Å². The first-order chi connectivity index (χ1) is 8.90. The van der Waals surface area contributed by atoms with Gasteiger partial charge < -0.3 is 14.6 Å². The van der Waals surface area contributed by atoms with Crippen molar-refractivity contribution in [2.45, 2.75) is 31.7 Å². The summed E-state index contributed by atoms with van der Waals surface area (Å²) in [6.07, 6.45) is 6.33. The van der Waals surface area contributed by atoms with Crippen LogP contribution in [0.3, 0.4) is 0 Å². The van der Waals surface area contributed by atoms with Crippen molar-refractivity contribution >= 4 is 0 Å². The molecule has 1 aromatic rings. The van der Waals surface area contributed by atoms with Crippen LogP contribution in [0.4, 0.5) is 0 Å². The average molecular weight is 248 g/mol. The number of hydrogen-bond acceptors (Lipinski definition) is 3. The third-order valence-corrected chi connectivity index (χ3v) is 2.94. The Balaban J connectivity index is 1.48. The molecule has 0 amide bonds. The number of aliphatic hydroxyl groups excluding tert-OH is 1. The quantitative estimate of drug-likeness (QED) is 0.436. The van der Waals surface area contributed by atoms with E-state index in [9.17, 15) is 0 Å². The first kappa shape index (κ1) is 13.3. The smallest absolute Gasteiger partial charge is 0.107 e. The second kappa shape index (κ2) is 7.31. The number of rotatable bonds is 8. The molecule has 3 nitrogen and oxygen atoms in total. The van der Waals surface area contributed by atoms with Crippen LogP contribution in [0.5, 0.6) is 0 Å². The Morgan fingerprint density at radius 2 is 2.00 bits per heavy atom. The normalized spacial score (nSPS) is 22.5. The van der Waals surface area contributed by atoms with Crippen molar-refractivity contribution in [1.82, 2.24) is 0 Å². The second-order valence-electron chi connectivity index (χ2n) is 4.43. The predicted octanol–water partition coefficient (Wildman–Crippen LogP) is 2.30. The SMILES string of the molecule is OC[C@@H]1O[C@@H]1C/C=C/CCOCc1ccccc1. The first-order valence-corrected chi connectivity index (χ1v) is 6.43. The van der Waals surface area contributed by atoms with Gasteiger partial charge in [-0.15, -0.1) is 0 Å². The zero-order valence-electron chi connectivity index (χ0n) is 10.5. The molecule has 1 N–H and O–H groups in total. The molecule has 98 valence electrons. The number of ether oxygens (including phenoxy) is 2. The number of hydrogen-bond donors (Lipinski definition) is 1. The third kappa shape index (κ3) is 4.61. The Morgan fingerprint density at radius 3 is 2.72 bits per heavy atom. The molecule has 18 heavy (non-hydrogen) atoms. The van der Waals surface area contributed by atoms with Gasteiger partial charge in [0.15, 0.2) is 0 Å². The summed E-state index contributed by atoms with van der Waals surface area (Å²) in [6.45, 7) is 1.55. The molecule has 1 aliphatic heterocycles. The molecular weight excluding hydrogens is 228 g/mol. The van der Waals surface area contributed by atoms with Gasteiger partial charge in [-0.3, -0.25) is 0 Å². The lowest BCUT2D eigenvalue weighted by atomic mass is 10.2. The van der Waals surface area contributed by atoms with Crippen LogP contribution in [0.15, 0.2) is 42.5 Å².